The Morgan fingerprint density at radius 1 is 1.32 bits per heavy atom. The molecule has 1 amide bonds. The first kappa shape index (κ1) is 20.1. The maximum atomic E-state index is 13.1. The third kappa shape index (κ3) is 4.79. The summed E-state index contributed by atoms with van der Waals surface area (Å²) in [6.45, 7) is 6.32. The van der Waals surface area contributed by atoms with Gasteiger partial charge in [-0.3, -0.25) is 9.36 Å². The van der Waals surface area contributed by atoms with Crippen LogP contribution in [0.4, 0.5) is 10.1 Å². The maximum Gasteiger partial charge on any atom is 0.234 e. The number of carbonyl (C=O) groups excluding carboxylic acids is 1. The van der Waals surface area contributed by atoms with Crippen molar-refractivity contribution in [1.29, 1.82) is 0 Å². The van der Waals surface area contributed by atoms with Gasteiger partial charge in [0.1, 0.15) is 5.82 Å². The lowest BCUT2D eigenvalue weighted by molar-refractivity contribution is -0.113. The summed E-state index contributed by atoms with van der Waals surface area (Å²) in [5.41, 5.74) is 2.43. The first-order valence-electron chi connectivity index (χ1n) is 8.46. The molecule has 0 aliphatic heterocycles. The van der Waals surface area contributed by atoms with Gasteiger partial charge in [-0.1, -0.05) is 53.2 Å². The van der Waals surface area contributed by atoms with Gasteiger partial charge >= 0.3 is 0 Å². The summed E-state index contributed by atoms with van der Waals surface area (Å²) < 4.78 is 15.0. The zero-order valence-electron chi connectivity index (χ0n) is 15.2. The topological polar surface area (TPSA) is 59.8 Å². The highest BCUT2D eigenvalue weighted by atomic mass is 35.5. The monoisotopic (exact) mass is 416 g/mol. The van der Waals surface area contributed by atoms with Crippen LogP contribution in [-0.2, 0) is 11.3 Å². The molecule has 1 heterocycles. The second-order valence-electron chi connectivity index (χ2n) is 6.04. The molecule has 144 valence electrons. The normalized spacial score (nSPS) is 10.7. The highest BCUT2D eigenvalue weighted by Gasteiger charge is 2.15. The van der Waals surface area contributed by atoms with E-state index < -0.39 is 5.82 Å². The van der Waals surface area contributed by atoms with Crippen LogP contribution in [0.2, 0.25) is 5.02 Å². The number of hydrogen-bond donors (Lipinski definition) is 1. The van der Waals surface area contributed by atoms with E-state index in [9.17, 15) is 9.18 Å². The van der Waals surface area contributed by atoms with Gasteiger partial charge < -0.3 is 5.32 Å². The van der Waals surface area contributed by atoms with Gasteiger partial charge in [0.2, 0.25) is 5.91 Å². The van der Waals surface area contributed by atoms with Crippen LogP contribution in [0.3, 0.4) is 0 Å². The predicted molar refractivity (Wildman–Crippen MR) is 111 cm³/mol. The Bertz CT molecular complexity index is 1020. The molecule has 1 aromatic heterocycles. The minimum atomic E-state index is -0.460. The number of halogens is 2. The number of hydrogen-bond acceptors (Lipinski definition) is 4. The minimum absolute atomic E-state index is 0.108. The average Bonchev–Trinajstić information content (AvgIpc) is 3.05. The van der Waals surface area contributed by atoms with Crippen LogP contribution in [0.1, 0.15) is 5.56 Å². The molecule has 5 nitrogen and oxygen atoms in total. The van der Waals surface area contributed by atoms with Gasteiger partial charge in [-0.2, -0.15) is 0 Å². The fourth-order valence-corrected chi connectivity index (χ4v) is 3.56. The molecule has 0 spiro atoms. The SMILES string of the molecule is C=CCn1c(SCC(=O)Nc2ccc(F)cc2Cl)nnc1-c1cccc(C)c1. The lowest BCUT2D eigenvalue weighted by Gasteiger charge is -2.09. The summed E-state index contributed by atoms with van der Waals surface area (Å²) in [6, 6.07) is 11.8. The van der Waals surface area contributed by atoms with Gasteiger partial charge in [-0.15, -0.1) is 16.8 Å². The average molecular weight is 417 g/mol. The Hall–Kier alpha value is -2.64. The van der Waals surface area contributed by atoms with E-state index in [1.807, 2.05) is 35.8 Å². The molecule has 1 N–H and O–H groups in total. The van der Waals surface area contributed by atoms with E-state index in [4.69, 9.17) is 11.6 Å². The highest BCUT2D eigenvalue weighted by Crippen LogP contribution is 2.26. The van der Waals surface area contributed by atoms with E-state index in [0.29, 0.717) is 23.2 Å². The van der Waals surface area contributed by atoms with Crippen molar-refractivity contribution < 1.29 is 9.18 Å². The predicted octanol–water partition coefficient (Wildman–Crippen LogP) is 4.96. The van der Waals surface area contributed by atoms with Crippen LogP contribution in [0.25, 0.3) is 11.4 Å². The number of anilines is 1. The Kier molecular flexibility index (Phi) is 6.49. The van der Waals surface area contributed by atoms with Crippen molar-refractivity contribution in [2.75, 3.05) is 11.1 Å². The molecule has 0 atom stereocenters. The van der Waals surface area contributed by atoms with Gasteiger partial charge in [0.25, 0.3) is 0 Å². The number of nitrogens with zero attached hydrogens (tertiary/aromatic N) is 3. The first-order chi connectivity index (χ1) is 13.5. The van der Waals surface area contributed by atoms with Crippen LogP contribution >= 0.6 is 23.4 Å². The number of thioether (sulfide) groups is 1. The van der Waals surface area contributed by atoms with E-state index in [1.165, 1.54) is 23.9 Å². The van der Waals surface area contributed by atoms with E-state index in [0.717, 1.165) is 17.2 Å². The van der Waals surface area contributed by atoms with E-state index in [1.54, 1.807) is 6.08 Å². The van der Waals surface area contributed by atoms with Gasteiger partial charge in [0.05, 0.1) is 16.5 Å². The summed E-state index contributed by atoms with van der Waals surface area (Å²) in [4.78, 5) is 12.3. The molecule has 0 bridgehead atoms. The molecule has 0 radical (unpaired) electrons. The molecule has 0 aliphatic rings. The molecule has 3 rings (SSSR count). The molecule has 0 aliphatic carbocycles. The molecule has 0 fully saturated rings. The minimum Gasteiger partial charge on any atom is -0.324 e. The maximum absolute atomic E-state index is 13.1. The van der Waals surface area contributed by atoms with Crippen molar-refractivity contribution in [3.05, 3.63) is 71.5 Å². The zero-order valence-corrected chi connectivity index (χ0v) is 16.7. The molecule has 0 saturated heterocycles. The lowest BCUT2D eigenvalue weighted by atomic mass is 10.1. The zero-order chi connectivity index (χ0) is 20.1. The molecular weight excluding hydrogens is 399 g/mol. The van der Waals surface area contributed by atoms with E-state index in [2.05, 4.69) is 22.1 Å². The number of amides is 1. The van der Waals surface area contributed by atoms with Crippen LogP contribution in [0.5, 0.6) is 0 Å². The quantitative estimate of drug-likeness (QED) is 0.436. The Balaban J connectivity index is 1.73. The summed E-state index contributed by atoms with van der Waals surface area (Å²) >= 11 is 7.20. The standard InChI is InChI=1S/C20H18ClFN4OS/c1-3-9-26-19(14-6-4-5-13(2)10-14)24-25-20(26)28-12-18(27)23-17-8-7-15(22)11-16(17)21/h3-8,10-11H,1,9,12H2,2H3,(H,23,27). The molecule has 2 aromatic carbocycles. The number of aryl methyl sites for hydroxylation is 1. The largest absolute Gasteiger partial charge is 0.324 e. The number of carbonyl (C=O) groups is 1. The fourth-order valence-electron chi connectivity index (χ4n) is 2.59. The number of benzene rings is 2. The summed E-state index contributed by atoms with van der Waals surface area (Å²) in [6.07, 6.45) is 1.76. The molecule has 3 aromatic rings. The van der Waals surface area contributed by atoms with Gasteiger partial charge in [-0.25, -0.2) is 4.39 Å². The van der Waals surface area contributed by atoms with Crippen molar-refractivity contribution in [3.63, 3.8) is 0 Å². The Morgan fingerprint density at radius 3 is 2.86 bits per heavy atom. The van der Waals surface area contributed by atoms with Crippen LogP contribution in [0, 0.1) is 12.7 Å². The third-order valence-corrected chi connectivity index (χ3v) is 5.12. The highest BCUT2D eigenvalue weighted by molar-refractivity contribution is 7.99. The van der Waals surface area contributed by atoms with Gasteiger partial charge in [0.15, 0.2) is 11.0 Å². The van der Waals surface area contributed by atoms with Crippen LogP contribution in [-0.4, -0.2) is 26.4 Å². The molecule has 28 heavy (non-hydrogen) atoms. The Morgan fingerprint density at radius 2 is 2.14 bits per heavy atom. The van der Waals surface area contributed by atoms with Crippen molar-refractivity contribution in [3.8, 4) is 11.4 Å². The summed E-state index contributed by atoms with van der Waals surface area (Å²) in [7, 11) is 0. The molecule has 0 saturated carbocycles. The molecule has 8 heteroatoms. The van der Waals surface area contributed by atoms with E-state index >= 15 is 0 Å². The number of allylic oxidation sites excluding steroid dienone is 1. The summed E-state index contributed by atoms with van der Waals surface area (Å²) in [5, 5.41) is 11.9. The molecule has 0 unspecified atom stereocenters. The van der Waals surface area contributed by atoms with Crippen molar-refractivity contribution in [2.45, 2.75) is 18.6 Å². The fraction of sp³-hybridized carbons (Fsp3) is 0.150. The van der Waals surface area contributed by atoms with Gasteiger partial charge in [-0.05, 0) is 31.2 Å². The second kappa shape index (κ2) is 9.03. The smallest absolute Gasteiger partial charge is 0.234 e. The second-order valence-corrected chi connectivity index (χ2v) is 7.39. The van der Waals surface area contributed by atoms with E-state index in [-0.39, 0.29) is 16.7 Å². The van der Waals surface area contributed by atoms with Crippen LogP contribution < -0.4 is 5.32 Å². The first-order valence-corrected chi connectivity index (χ1v) is 9.83. The number of aromatic nitrogens is 3. The number of rotatable bonds is 7. The lowest BCUT2D eigenvalue weighted by Crippen LogP contribution is -2.15. The number of nitrogens with one attached hydrogen (secondary N) is 1. The molecular formula is C20H18ClFN4OS. The van der Waals surface area contributed by atoms with Gasteiger partial charge in [0, 0.05) is 12.1 Å². The third-order valence-electron chi connectivity index (χ3n) is 3.84. The Labute approximate surface area is 171 Å². The summed E-state index contributed by atoms with van der Waals surface area (Å²) in [5.74, 6) is 0.0898. The van der Waals surface area contributed by atoms with Crippen molar-refractivity contribution in [1.82, 2.24) is 14.8 Å². The van der Waals surface area contributed by atoms with Crippen molar-refractivity contribution >= 4 is 35.0 Å². The van der Waals surface area contributed by atoms with Crippen LogP contribution in [0.15, 0.2) is 60.3 Å². The van der Waals surface area contributed by atoms with Crippen molar-refractivity contribution in [2.24, 2.45) is 0 Å².